The second kappa shape index (κ2) is 11.0. The number of fused-ring (bicyclic) bond motifs is 1. The fourth-order valence-electron chi connectivity index (χ4n) is 5.45. The zero-order valence-corrected chi connectivity index (χ0v) is 22.6. The van der Waals surface area contributed by atoms with Crippen molar-refractivity contribution in [1.82, 2.24) is 5.32 Å². The van der Waals surface area contributed by atoms with Crippen LogP contribution in [-0.4, -0.2) is 63.3 Å². The van der Waals surface area contributed by atoms with Crippen molar-refractivity contribution >= 4 is 52.3 Å². The minimum Gasteiger partial charge on any atom is -0.442 e. The largest absolute Gasteiger partial charge is 0.442 e. The summed E-state index contributed by atoms with van der Waals surface area (Å²) in [5.41, 5.74) is 5.32. The van der Waals surface area contributed by atoms with Crippen LogP contribution in [0.3, 0.4) is 0 Å². The SMILES string of the molecule is CC(=O)NCC1CN(c2ccc(N3CCN(c4ccc(/C=C5\C(=O)Nc6ccccc65)cc4)CC3)c(F)c2)C(=O)O1. The second-order valence-electron chi connectivity index (χ2n) is 10.3. The number of para-hydroxylation sites is 1. The molecule has 0 aliphatic carbocycles. The first-order chi connectivity index (χ1) is 19.9. The van der Waals surface area contributed by atoms with Gasteiger partial charge >= 0.3 is 6.09 Å². The number of amides is 3. The summed E-state index contributed by atoms with van der Waals surface area (Å²) in [5, 5.41) is 5.54. The maximum atomic E-state index is 15.2. The molecule has 3 aromatic carbocycles. The van der Waals surface area contributed by atoms with E-state index < -0.39 is 18.0 Å². The highest BCUT2D eigenvalue weighted by molar-refractivity contribution is 6.34. The van der Waals surface area contributed by atoms with Gasteiger partial charge in [-0.3, -0.25) is 14.5 Å². The topological polar surface area (TPSA) is 94.2 Å². The Morgan fingerprint density at radius 2 is 1.71 bits per heavy atom. The van der Waals surface area contributed by atoms with Gasteiger partial charge < -0.3 is 25.2 Å². The molecule has 3 aromatic rings. The smallest absolute Gasteiger partial charge is 0.414 e. The van der Waals surface area contributed by atoms with Crippen LogP contribution in [0.15, 0.2) is 66.7 Å². The van der Waals surface area contributed by atoms with Crippen molar-refractivity contribution in [1.29, 1.82) is 0 Å². The molecule has 3 heterocycles. The van der Waals surface area contributed by atoms with Gasteiger partial charge in [-0.05, 0) is 48.0 Å². The molecule has 2 saturated heterocycles. The average molecular weight is 556 g/mol. The fourth-order valence-corrected chi connectivity index (χ4v) is 5.45. The third kappa shape index (κ3) is 5.45. The molecular formula is C31H30FN5O4. The van der Waals surface area contributed by atoms with E-state index in [0.29, 0.717) is 30.0 Å². The molecule has 3 aliphatic rings. The molecule has 210 valence electrons. The third-order valence-electron chi connectivity index (χ3n) is 7.60. The maximum Gasteiger partial charge on any atom is 0.414 e. The molecule has 2 fully saturated rings. The van der Waals surface area contributed by atoms with Crippen LogP contribution in [0.5, 0.6) is 0 Å². The summed E-state index contributed by atoms with van der Waals surface area (Å²) >= 11 is 0. The lowest BCUT2D eigenvalue weighted by Crippen LogP contribution is -2.46. The monoisotopic (exact) mass is 555 g/mol. The lowest BCUT2D eigenvalue weighted by atomic mass is 10.0. The van der Waals surface area contributed by atoms with Gasteiger partial charge in [-0.2, -0.15) is 0 Å². The Morgan fingerprint density at radius 1 is 1.00 bits per heavy atom. The van der Waals surface area contributed by atoms with Crippen LogP contribution in [0.2, 0.25) is 0 Å². The quantitative estimate of drug-likeness (QED) is 0.445. The highest BCUT2D eigenvalue weighted by Crippen LogP contribution is 2.33. The van der Waals surface area contributed by atoms with E-state index in [4.69, 9.17) is 4.74 Å². The summed E-state index contributed by atoms with van der Waals surface area (Å²) in [5.74, 6) is -0.701. The van der Waals surface area contributed by atoms with Crippen molar-refractivity contribution in [3.05, 3.63) is 83.7 Å². The van der Waals surface area contributed by atoms with E-state index in [1.54, 1.807) is 12.1 Å². The van der Waals surface area contributed by atoms with Crippen LogP contribution in [0.4, 0.5) is 31.9 Å². The number of rotatable bonds is 6. The average Bonchev–Trinajstić information content (AvgIpc) is 3.51. The zero-order chi connectivity index (χ0) is 28.5. The van der Waals surface area contributed by atoms with Crippen LogP contribution >= 0.6 is 0 Å². The molecule has 0 saturated carbocycles. The number of anilines is 4. The summed E-state index contributed by atoms with van der Waals surface area (Å²) in [6.45, 7) is 4.59. The number of carbonyl (C=O) groups is 3. The van der Waals surface area contributed by atoms with Gasteiger partial charge in [0.2, 0.25) is 5.91 Å². The van der Waals surface area contributed by atoms with E-state index >= 15 is 4.39 Å². The van der Waals surface area contributed by atoms with Gasteiger partial charge in [0.15, 0.2) is 0 Å². The molecule has 9 nitrogen and oxygen atoms in total. The minimum absolute atomic E-state index is 0.0989. The van der Waals surface area contributed by atoms with Crippen molar-refractivity contribution in [2.24, 2.45) is 0 Å². The van der Waals surface area contributed by atoms with Crippen LogP contribution in [0, 0.1) is 5.82 Å². The molecule has 1 unspecified atom stereocenters. The van der Waals surface area contributed by atoms with Crippen molar-refractivity contribution in [3.63, 3.8) is 0 Å². The van der Waals surface area contributed by atoms with Crippen LogP contribution in [-0.2, 0) is 14.3 Å². The van der Waals surface area contributed by atoms with Crippen LogP contribution in [0.25, 0.3) is 11.6 Å². The van der Waals surface area contributed by atoms with E-state index in [9.17, 15) is 14.4 Å². The molecule has 0 aromatic heterocycles. The molecule has 0 spiro atoms. The number of hydrogen-bond acceptors (Lipinski definition) is 6. The normalized spacial score (nSPS) is 19.3. The summed E-state index contributed by atoms with van der Waals surface area (Å²) in [6.07, 6.45) is 0.867. The maximum absolute atomic E-state index is 15.2. The lowest BCUT2D eigenvalue weighted by Gasteiger charge is -2.37. The molecule has 3 amide bonds. The number of carbonyl (C=O) groups excluding carboxylic acids is 3. The number of hydrogen-bond donors (Lipinski definition) is 2. The van der Waals surface area contributed by atoms with Crippen molar-refractivity contribution in [3.8, 4) is 0 Å². The van der Waals surface area contributed by atoms with Crippen LogP contribution in [0.1, 0.15) is 18.1 Å². The summed E-state index contributed by atoms with van der Waals surface area (Å²) in [4.78, 5) is 41.5. The fraction of sp³-hybridized carbons (Fsp3) is 0.258. The Labute approximate surface area is 237 Å². The Kier molecular flexibility index (Phi) is 7.05. The molecule has 1 atom stereocenters. The predicted octanol–water partition coefficient (Wildman–Crippen LogP) is 4.11. The molecule has 41 heavy (non-hydrogen) atoms. The van der Waals surface area contributed by atoms with Gasteiger partial charge in [0.1, 0.15) is 11.9 Å². The lowest BCUT2D eigenvalue weighted by molar-refractivity contribution is -0.119. The van der Waals surface area contributed by atoms with E-state index in [0.717, 1.165) is 35.6 Å². The van der Waals surface area contributed by atoms with Gasteiger partial charge in [-0.1, -0.05) is 30.3 Å². The third-order valence-corrected chi connectivity index (χ3v) is 7.60. The van der Waals surface area contributed by atoms with Crippen LogP contribution < -0.4 is 25.3 Å². The molecule has 0 bridgehead atoms. The number of nitrogens with zero attached hydrogens (tertiary/aromatic N) is 3. The Hall–Kier alpha value is -4.86. The molecular weight excluding hydrogens is 525 g/mol. The van der Waals surface area contributed by atoms with E-state index in [1.807, 2.05) is 59.5 Å². The highest BCUT2D eigenvalue weighted by atomic mass is 19.1. The first-order valence-corrected chi connectivity index (χ1v) is 13.6. The first-order valence-electron chi connectivity index (χ1n) is 13.6. The van der Waals surface area contributed by atoms with Crippen molar-refractivity contribution in [2.45, 2.75) is 13.0 Å². The highest BCUT2D eigenvalue weighted by Gasteiger charge is 2.33. The van der Waals surface area contributed by atoms with Crippen molar-refractivity contribution < 1.29 is 23.5 Å². The molecule has 6 rings (SSSR count). The Balaban J connectivity index is 1.07. The van der Waals surface area contributed by atoms with Gasteiger partial charge in [0.25, 0.3) is 5.91 Å². The molecule has 10 heteroatoms. The summed E-state index contributed by atoms with van der Waals surface area (Å²) < 4.78 is 20.5. The first kappa shape index (κ1) is 26.4. The second-order valence-corrected chi connectivity index (χ2v) is 10.3. The van der Waals surface area contributed by atoms with E-state index in [2.05, 4.69) is 15.5 Å². The summed E-state index contributed by atoms with van der Waals surface area (Å²) in [6, 6.07) is 20.6. The van der Waals surface area contributed by atoms with Gasteiger partial charge in [0.05, 0.1) is 24.5 Å². The van der Waals surface area contributed by atoms with Crippen molar-refractivity contribution in [2.75, 3.05) is 59.3 Å². The number of halogens is 1. The standard InChI is InChI=1S/C31H30FN5O4/c1-20(38)33-18-24-19-37(31(40)41-24)23-10-11-29(27(32)17-23)36-14-12-35(13-15-36)22-8-6-21(7-9-22)16-26-25-4-2-3-5-28(25)34-30(26)39/h2-11,16-17,24H,12-15,18-19H2,1H3,(H,33,38)(H,34,39)/b26-16-. The van der Waals surface area contributed by atoms with Gasteiger partial charge in [-0.25, -0.2) is 9.18 Å². The number of ether oxygens (including phenoxy) is 1. The molecule has 3 aliphatic heterocycles. The number of nitrogens with one attached hydrogen (secondary N) is 2. The van der Waals surface area contributed by atoms with E-state index in [-0.39, 0.29) is 24.9 Å². The minimum atomic E-state index is -0.556. The zero-order valence-electron chi connectivity index (χ0n) is 22.6. The number of cyclic esters (lactones) is 1. The van der Waals surface area contributed by atoms with Gasteiger partial charge in [0, 0.05) is 55.6 Å². The number of benzene rings is 3. The Bertz CT molecular complexity index is 1530. The van der Waals surface area contributed by atoms with E-state index in [1.165, 1.54) is 17.9 Å². The number of piperazine rings is 1. The van der Waals surface area contributed by atoms with Gasteiger partial charge in [-0.15, -0.1) is 0 Å². The molecule has 0 radical (unpaired) electrons. The predicted molar refractivity (Wildman–Crippen MR) is 157 cm³/mol. The molecule has 2 N–H and O–H groups in total. The summed E-state index contributed by atoms with van der Waals surface area (Å²) in [7, 11) is 0. The Morgan fingerprint density at radius 3 is 2.44 bits per heavy atom.